The second-order valence-corrected chi connectivity index (χ2v) is 7.56. The van der Waals surface area contributed by atoms with Gasteiger partial charge in [-0.25, -0.2) is 4.39 Å². The summed E-state index contributed by atoms with van der Waals surface area (Å²) in [6, 6.07) is 9.77. The van der Waals surface area contributed by atoms with E-state index in [1.54, 1.807) is 32.0 Å². The highest BCUT2D eigenvalue weighted by atomic mass is 35.5. The first kappa shape index (κ1) is 20.9. The van der Waals surface area contributed by atoms with Gasteiger partial charge in [0, 0.05) is 6.54 Å². The summed E-state index contributed by atoms with van der Waals surface area (Å²) in [6.45, 7) is 7.25. The molecule has 2 rings (SSSR count). The lowest BCUT2D eigenvalue weighted by molar-refractivity contribution is -0.138. The van der Waals surface area contributed by atoms with Crippen LogP contribution in [0.4, 0.5) is 10.1 Å². The topological polar surface area (TPSA) is 58.2 Å². The highest BCUT2D eigenvalue weighted by molar-refractivity contribution is 6.34. The van der Waals surface area contributed by atoms with Gasteiger partial charge >= 0.3 is 0 Å². The number of hydrogen-bond donors (Lipinski definition) is 2. The Labute approximate surface area is 164 Å². The molecule has 0 atom stereocenters. The molecule has 0 aliphatic carbocycles. The Morgan fingerprint density at radius 3 is 2.30 bits per heavy atom. The molecule has 0 aliphatic heterocycles. The molecule has 0 spiro atoms. The Morgan fingerprint density at radius 2 is 1.70 bits per heavy atom. The molecule has 0 unspecified atom stereocenters. The second kappa shape index (κ2) is 8.53. The van der Waals surface area contributed by atoms with Crippen molar-refractivity contribution in [2.75, 3.05) is 11.9 Å². The van der Waals surface area contributed by atoms with E-state index in [1.165, 1.54) is 12.1 Å². The van der Waals surface area contributed by atoms with Gasteiger partial charge in [0.25, 0.3) is 0 Å². The predicted molar refractivity (Wildman–Crippen MR) is 106 cm³/mol. The maximum atomic E-state index is 12.9. The van der Waals surface area contributed by atoms with Crippen LogP contribution in [0, 0.1) is 25.1 Å². The van der Waals surface area contributed by atoms with Crippen LogP contribution >= 0.6 is 11.6 Å². The van der Waals surface area contributed by atoms with E-state index in [9.17, 15) is 14.0 Å². The van der Waals surface area contributed by atoms with Crippen molar-refractivity contribution in [1.82, 2.24) is 5.32 Å². The third kappa shape index (κ3) is 5.30. The average molecular weight is 391 g/mol. The maximum absolute atomic E-state index is 12.9. The van der Waals surface area contributed by atoms with Gasteiger partial charge in [-0.05, 0) is 69.0 Å². The molecule has 0 aromatic heterocycles. The minimum Gasteiger partial charge on any atom is -0.355 e. The van der Waals surface area contributed by atoms with Gasteiger partial charge in [-0.3, -0.25) is 9.59 Å². The van der Waals surface area contributed by atoms with E-state index in [1.807, 2.05) is 19.9 Å². The summed E-state index contributed by atoms with van der Waals surface area (Å²) in [5, 5.41) is 5.97. The number of carbonyl (C=O) groups is 2. The molecule has 0 radical (unpaired) electrons. The van der Waals surface area contributed by atoms with Gasteiger partial charge in [0.1, 0.15) is 11.2 Å². The third-order valence-electron chi connectivity index (χ3n) is 4.42. The first-order valence-electron chi connectivity index (χ1n) is 8.72. The van der Waals surface area contributed by atoms with Crippen molar-refractivity contribution in [2.45, 2.75) is 34.1 Å². The molecule has 2 aromatic rings. The molecule has 27 heavy (non-hydrogen) atoms. The summed E-state index contributed by atoms with van der Waals surface area (Å²) < 4.78 is 12.9. The number of benzene rings is 2. The fourth-order valence-corrected chi connectivity index (χ4v) is 3.01. The fourth-order valence-electron chi connectivity index (χ4n) is 2.64. The molecule has 2 aromatic carbocycles. The second-order valence-electron chi connectivity index (χ2n) is 7.15. The monoisotopic (exact) mass is 390 g/mol. The van der Waals surface area contributed by atoms with E-state index >= 15 is 0 Å². The Bertz CT molecular complexity index is 825. The van der Waals surface area contributed by atoms with E-state index < -0.39 is 11.3 Å². The molecule has 144 valence electrons. The van der Waals surface area contributed by atoms with Crippen molar-refractivity contribution < 1.29 is 14.0 Å². The normalized spacial score (nSPS) is 11.2. The molecule has 0 bridgehead atoms. The van der Waals surface area contributed by atoms with Gasteiger partial charge in [-0.1, -0.05) is 29.8 Å². The van der Waals surface area contributed by atoms with Crippen LogP contribution in [0.2, 0.25) is 5.02 Å². The van der Waals surface area contributed by atoms with Crippen LogP contribution in [0.15, 0.2) is 36.4 Å². The van der Waals surface area contributed by atoms with Gasteiger partial charge in [-0.15, -0.1) is 0 Å². The average Bonchev–Trinajstić information content (AvgIpc) is 2.59. The molecule has 4 nitrogen and oxygen atoms in total. The Kier molecular flexibility index (Phi) is 6.60. The standard InChI is InChI=1S/C21H24ClFN2O2/c1-13-11-14(2)18(17(22)12-13)25-20(27)21(3,4)19(26)24-10-9-15-5-7-16(23)8-6-15/h5-8,11-12H,9-10H2,1-4H3,(H,24,26)(H,25,27). The van der Waals surface area contributed by atoms with Crippen molar-refractivity contribution in [2.24, 2.45) is 5.41 Å². The minimum absolute atomic E-state index is 0.300. The lowest BCUT2D eigenvalue weighted by Crippen LogP contribution is -2.45. The van der Waals surface area contributed by atoms with Crippen LogP contribution in [0.5, 0.6) is 0 Å². The van der Waals surface area contributed by atoms with E-state index in [4.69, 9.17) is 11.6 Å². The SMILES string of the molecule is Cc1cc(C)c(NC(=O)C(C)(C)C(=O)NCCc2ccc(F)cc2)c(Cl)c1. The number of amides is 2. The molecule has 0 saturated heterocycles. The molecule has 0 saturated carbocycles. The summed E-state index contributed by atoms with van der Waals surface area (Å²) in [5.41, 5.74) is 1.97. The van der Waals surface area contributed by atoms with Crippen molar-refractivity contribution >= 4 is 29.1 Å². The van der Waals surface area contributed by atoms with Gasteiger partial charge in [-0.2, -0.15) is 0 Å². The zero-order valence-corrected chi connectivity index (χ0v) is 16.7. The molecule has 2 N–H and O–H groups in total. The lowest BCUT2D eigenvalue weighted by atomic mass is 9.90. The summed E-state index contributed by atoms with van der Waals surface area (Å²) in [5.74, 6) is -1.12. The number of carbonyl (C=O) groups excluding carboxylic acids is 2. The largest absolute Gasteiger partial charge is 0.355 e. The molecule has 2 amide bonds. The van der Waals surface area contributed by atoms with Crippen molar-refractivity contribution in [1.29, 1.82) is 0 Å². The predicted octanol–water partition coefficient (Wildman–Crippen LogP) is 4.42. The van der Waals surface area contributed by atoms with E-state index in [0.717, 1.165) is 16.7 Å². The summed E-state index contributed by atoms with van der Waals surface area (Å²) in [6.07, 6.45) is 0.548. The van der Waals surface area contributed by atoms with E-state index in [2.05, 4.69) is 10.6 Å². The summed E-state index contributed by atoms with van der Waals surface area (Å²) in [7, 11) is 0. The molecule has 6 heteroatoms. The molecule has 0 aliphatic rings. The van der Waals surface area contributed by atoms with Crippen LogP contribution in [0.3, 0.4) is 0 Å². The molecular formula is C21H24ClFN2O2. The maximum Gasteiger partial charge on any atom is 0.239 e. The number of aryl methyl sites for hydroxylation is 2. The zero-order valence-electron chi connectivity index (χ0n) is 16.0. The number of rotatable bonds is 6. The lowest BCUT2D eigenvalue weighted by Gasteiger charge is -2.24. The van der Waals surface area contributed by atoms with Crippen molar-refractivity contribution in [3.05, 3.63) is 63.9 Å². The fraction of sp³-hybridized carbons (Fsp3) is 0.333. The van der Waals surface area contributed by atoms with E-state index in [0.29, 0.717) is 23.7 Å². The number of halogens is 2. The number of hydrogen-bond acceptors (Lipinski definition) is 2. The Hall–Kier alpha value is -2.40. The Morgan fingerprint density at radius 1 is 1.07 bits per heavy atom. The van der Waals surface area contributed by atoms with Crippen LogP contribution in [-0.2, 0) is 16.0 Å². The van der Waals surface area contributed by atoms with E-state index in [-0.39, 0.29) is 11.7 Å². The Balaban J connectivity index is 1.98. The van der Waals surface area contributed by atoms with Gasteiger partial charge in [0.15, 0.2) is 0 Å². The van der Waals surface area contributed by atoms with Gasteiger partial charge in [0.05, 0.1) is 10.7 Å². The number of nitrogens with one attached hydrogen (secondary N) is 2. The van der Waals surface area contributed by atoms with Gasteiger partial charge in [0.2, 0.25) is 11.8 Å². The highest BCUT2D eigenvalue weighted by Crippen LogP contribution is 2.29. The molecular weight excluding hydrogens is 367 g/mol. The summed E-state index contributed by atoms with van der Waals surface area (Å²) >= 11 is 6.23. The third-order valence-corrected chi connectivity index (χ3v) is 4.72. The van der Waals surface area contributed by atoms with Crippen LogP contribution in [-0.4, -0.2) is 18.4 Å². The van der Waals surface area contributed by atoms with Crippen LogP contribution < -0.4 is 10.6 Å². The first-order chi connectivity index (χ1) is 12.6. The van der Waals surface area contributed by atoms with Crippen LogP contribution in [0.25, 0.3) is 0 Å². The van der Waals surface area contributed by atoms with Crippen molar-refractivity contribution in [3.63, 3.8) is 0 Å². The van der Waals surface area contributed by atoms with Gasteiger partial charge < -0.3 is 10.6 Å². The first-order valence-corrected chi connectivity index (χ1v) is 9.10. The highest BCUT2D eigenvalue weighted by Gasteiger charge is 2.36. The smallest absolute Gasteiger partial charge is 0.239 e. The minimum atomic E-state index is -1.27. The summed E-state index contributed by atoms with van der Waals surface area (Å²) in [4.78, 5) is 25.2. The molecule has 0 fully saturated rings. The zero-order chi connectivity index (χ0) is 20.2. The van der Waals surface area contributed by atoms with Crippen molar-refractivity contribution in [3.8, 4) is 0 Å². The molecule has 0 heterocycles. The number of anilines is 1. The quantitative estimate of drug-likeness (QED) is 0.717. The van der Waals surface area contributed by atoms with Crippen LogP contribution in [0.1, 0.15) is 30.5 Å².